The largest absolute Gasteiger partial charge is 0.493 e. The number of H-pyrrole nitrogens is 1. The lowest BCUT2D eigenvalue weighted by Crippen LogP contribution is -2.05. The highest BCUT2D eigenvalue weighted by Crippen LogP contribution is 2.19. The van der Waals surface area contributed by atoms with Gasteiger partial charge in [-0.25, -0.2) is 0 Å². The van der Waals surface area contributed by atoms with E-state index in [9.17, 15) is 0 Å². The minimum Gasteiger partial charge on any atom is -0.493 e. The molecule has 4 heteroatoms. The molecule has 1 aromatic carbocycles. The van der Waals surface area contributed by atoms with E-state index in [2.05, 4.69) is 16.1 Å². The first kappa shape index (κ1) is 10.9. The van der Waals surface area contributed by atoms with Gasteiger partial charge in [-0.3, -0.25) is 4.68 Å². The second-order valence-electron chi connectivity index (χ2n) is 4.27. The van der Waals surface area contributed by atoms with E-state index in [4.69, 9.17) is 4.74 Å². The third kappa shape index (κ3) is 2.09. The summed E-state index contributed by atoms with van der Waals surface area (Å²) in [5.74, 6) is 0.907. The summed E-state index contributed by atoms with van der Waals surface area (Å²) in [6.45, 7) is 0.662. The zero-order valence-corrected chi connectivity index (χ0v) is 10.3. The van der Waals surface area contributed by atoms with Crippen molar-refractivity contribution < 1.29 is 4.74 Å². The van der Waals surface area contributed by atoms with E-state index in [1.165, 1.54) is 11.1 Å². The summed E-state index contributed by atoms with van der Waals surface area (Å²) in [6.07, 6.45) is 4.60. The number of fused-ring (bicyclic) bond motifs is 1. The van der Waals surface area contributed by atoms with Crippen molar-refractivity contribution in [1.82, 2.24) is 14.8 Å². The lowest BCUT2D eigenvalue weighted by atomic mass is 10.2. The summed E-state index contributed by atoms with van der Waals surface area (Å²) in [5, 5.41) is 5.31. The van der Waals surface area contributed by atoms with Gasteiger partial charge in [0.1, 0.15) is 5.75 Å². The number of aromatic nitrogens is 3. The number of nitrogens with one attached hydrogen (secondary N) is 1. The Kier molecular flexibility index (Phi) is 2.76. The molecule has 0 atom stereocenters. The summed E-state index contributed by atoms with van der Waals surface area (Å²) in [4.78, 5) is 3.17. The van der Waals surface area contributed by atoms with Crippen LogP contribution in [0.3, 0.4) is 0 Å². The maximum atomic E-state index is 5.76. The molecule has 0 spiro atoms. The van der Waals surface area contributed by atoms with Gasteiger partial charge in [0.05, 0.1) is 6.61 Å². The van der Waals surface area contributed by atoms with Crippen LogP contribution in [0.1, 0.15) is 5.69 Å². The average Bonchev–Trinajstić information content (AvgIpc) is 2.98. The number of rotatable bonds is 4. The summed E-state index contributed by atoms with van der Waals surface area (Å²) < 4.78 is 7.63. The van der Waals surface area contributed by atoms with Crippen LogP contribution in [0.25, 0.3) is 10.9 Å². The topological polar surface area (TPSA) is 42.8 Å². The molecule has 3 aromatic rings. The molecule has 1 N–H and O–H groups in total. The third-order valence-electron chi connectivity index (χ3n) is 3.07. The predicted molar refractivity (Wildman–Crippen MR) is 70.7 cm³/mol. The fourth-order valence-corrected chi connectivity index (χ4v) is 2.04. The molecule has 18 heavy (non-hydrogen) atoms. The molecule has 4 nitrogen and oxygen atoms in total. The number of nitrogens with zero attached hydrogens (tertiary/aromatic N) is 2. The molecule has 0 radical (unpaired) electrons. The van der Waals surface area contributed by atoms with Crippen molar-refractivity contribution in [2.24, 2.45) is 7.05 Å². The van der Waals surface area contributed by atoms with Crippen molar-refractivity contribution in [3.63, 3.8) is 0 Å². The lowest BCUT2D eigenvalue weighted by Gasteiger charge is -2.06. The van der Waals surface area contributed by atoms with Crippen molar-refractivity contribution in [2.45, 2.75) is 6.42 Å². The maximum Gasteiger partial charge on any atom is 0.120 e. The van der Waals surface area contributed by atoms with Crippen LogP contribution in [-0.4, -0.2) is 21.4 Å². The van der Waals surface area contributed by atoms with Crippen LogP contribution in [0.5, 0.6) is 5.75 Å². The van der Waals surface area contributed by atoms with Gasteiger partial charge in [0.2, 0.25) is 0 Å². The Hall–Kier alpha value is -2.23. The van der Waals surface area contributed by atoms with Crippen molar-refractivity contribution in [2.75, 3.05) is 6.61 Å². The van der Waals surface area contributed by atoms with Gasteiger partial charge in [-0.05, 0) is 30.3 Å². The van der Waals surface area contributed by atoms with Crippen LogP contribution in [0, 0.1) is 0 Å². The molecule has 0 saturated heterocycles. The third-order valence-corrected chi connectivity index (χ3v) is 3.07. The first-order chi connectivity index (χ1) is 8.83. The number of aromatic amines is 1. The SMILES string of the molecule is Cn1nccc1CCOc1ccc2[nH]ccc2c1. The van der Waals surface area contributed by atoms with Gasteiger partial charge < -0.3 is 9.72 Å². The highest BCUT2D eigenvalue weighted by atomic mass is 16.5. The summed E-state index contributed by atoms with van der Waals surface area (Å²) in [6, 6.07) is 10.1. The molecule has 2 aromatic heterocycles. The predicted octanol–water partition coefficient (Wildman–Crippen LogP) is 2.52. The molecule has 3 rings (SSSR count). The summed E-state index contributed by atoms with van der Waals surface area (Å²) in [5.41, 5.74) is 2.31. The maximum absolute atomic E-state index is 5.76. The second kappa shape index (κ2) is 4.56. The molecule has 92 valence electrons. The van der Waals surface area contributed by atoms with Gasteiger partial charge in [0, 0.05) is 42.5 Å². The molecule has 0 fully saturated rings. The van der Waals surface area contributed by atoms with Crippen LogP contribution in [0.15, 0.2) is 42.7 Å². The second-order valence-corrected chi connectivity index (χ2v) is 4.27. The zero-order valence-electron chi connectivity index (χ0n) is 10.3. The van der Waals surface area contributed by atoms with Gasteiger partial charge in [0.15, 0.2) is 0 Å². The Morgan fingerprint density at radius 2 is 2.22 bits per heavy atom. The van der Waals surface area contributed by atoms with Crippen molar-refractivity contribution in [3.8, 4) is 5.75 Å². The van der Waals surface area contributed by atoms with E-state index in [0.717, 1.165) is 17.7 Å². The Bertz CT molecular complexity index is 654. The first-order valence-corrected chi connectivity index (χ1v) is 6.00. The summed E-state index contributed by atoms with van der Waals surface area (Å²) >= 11 is 0. The normalized spacial score (nSPS) is 10.9. The molecule has 0 amide bonds. The van der Waals surface area contributed by atoms with Gasteiger partial charge in [0.25, 0.3) is 0 Å². The number of benzene rings is 1. The molecule has 0 aliphatic heterocycles. The molecular formula is C14H15N3O. The Balaban J connectivity index is 1.64. The van der Waals surface area contributed by atoms with E-state index >= 15 is 0 Å². The zero-order chi connectivity index (χ0) is 12.4. The molecule has 0 aliphatic carbocycles. The quantitative estimate of drug-likeness (QED) is 0.762. The van der Waals surface area contributed by atoms with E-state index < -0.39 is 0 Å². The monoisotopic (exact) mass is 241 g/mol. The Morgan fingerprint density at radius 1 is 1.28 bits per heavy atom. The van der Waals surface area contributed by atoms with E-state index in [-0.39, 0.29) is 0 Å². The highest BCUT2D eigenvalue weighted by molar-refractivity contribution is 5.80. The summed E-state index contributed by atoms with van der Waals surface area (Å²) in [7, 11) is 1.95. The lowest BCUT2D eigenvalue weighted by molar-refractivity contribution is 0.319. The number of ether oxygens (including phenoxy) is 1. The van der Waals surface area contributed by atoms with E-state index in [0.29, 0.717) is 6.61 Å². The number of hydrogen-bond acceptors (Lipinski definition) is 2. The highest BCUT2D eigenvalue weighted by Gasteiger charge is 2.01. The minimum atomic E-state index is 0.662. The molecule has 0 unspecified atom stereocenters. The van der Waals surface area contributed by atoms with Crippen LogP contribution < -0.4 is 4.74 Å². The van der Waals surface area contributed by atoms with Gasteiger partial charge >= 0.3 is 0 Å². The van der Waals surface area contributed by atoms with Crippen molar-refractivity contribution in [3.05, 3.63) is 48.4 Å². The van der Waals surface area contributed by atoms with Gasteiger partial charge in [-0.15, -0.1) is 0 Å². The van der Waals surface area contributed by atoms with Crippen LogP contribution in [0.4, 0.5) is 0 Å². The van der Waals surface area contributed by atoms with Crippen LogP contribution in [0.2, 0.25) is 0 Å². The minimum absolute atomic E-state index is 0.662. The van der Waals surface area contributed by atoms with Gasteiger partial charge in [-0.2, -0.15) is 5.10 Å². The molecule has 0 bridgehead atoms. The standard InChI is InChI=1S/C14H15N3O/c1-17-12(5-8-16-17)6-9-18-13-2-3-14-11(10-13)4-7-15-14/h2-5,7-8,10,15H,6,9H2,1H3. The fraction of sp³-hybridized carbons (Fsp3) is 0.214. The Morgan fingerprint density at radius 3 is 3.06 bits per heavy atom. The Labute approximate surface area is 105 Å². The number of aryl methyl sites for hydroxylation is 1. The molecule has 0 saturated carbocycles. The fourth-order valence-electron chi connectivity index (χ4n) is 2.04. The van der Waals surface area contributed by atoms with Crippen LogP contribution in [-0.2, 0) is 13.5 Å². The smallest absolute Gasteiger partial charge is 0.120 e. The molecule has 0 aliphatic rings. The number of hydrogen-bond donors (Lipinski definition) is 1. The van der Waals surface area contributed by atoms with Crippen LogP contribution >= 0.6 is 0 Å². The van der Waals surface area contributed by atoms with Crippen molar-refractivity contribution in [1.29, 1.82) is 0 Å². The van der Waals surface area contributed by atoms with Gasteiger partial charge in [-0.1, -0.05) is 0 Å². The van der Waals surface area contributed by atoms with Crippen molar-refractivity contribution >= 4 is 10.9 Å². The van der Waals surface area contributed by atoms with E-state index in [1.54, 1.807) is 6.20 Å². The first-order valence-electron chi connectivity index (χ1n) is 6.00. The molecule has 2 heterocycles. The average molecular weight is 241 g/mol. The molecular weight excluding hydrogens is 226 g/mol. The van der Waals surface area contributed by atoms with E-state index in [1.807, 2.05) is 42.2 Å².